The fraction of sp³-hybridized carbons (Fsp3) is 0.294. The van der Waals surface area contributed by atoms with Gasteiger partial charge in [0, 0.05) is 0 Å². The van der Waals surface area contributed by atoms with E-state index in [1.807, 2.05) is 24.3 Å². The summed E-state index contributed by atoms with van der Waals surface area (Å²) in [6, 6.07) is 13.8. The summed E-state index contributed by atoms with van der Waals surface area (Å²) < 4.78 is 18.5. The van der Waals surface area contributed by atoms with E-state index < -0.39 is 0 Å². The van der Waals surface area contributed by atoms with Gasteiger partial charge in [-0.25, -0.2) is 4.39 Å². The van der Waals surface area contributed by atoms with Gasteiger partial charge in [-0.3, -0.25) is 0 Å². The van der Waals surface area contributed by atoms with Crippen molar-refractivity contribution in [2.24, 2.45) is 5.73 Å². The summed E-state index contributed by atoms with van der Waals surface area (Å²) in [4.78, 5) is 0. The van der Waals surface area contributed by atoms with Crippen LogP contribution in [0.25, 0.3) is 0 Å². The van der Waals surface area contributed by atoms with Crippen molar-refractivity contribution in [3.05, 3.63) is 65.5 Å². The van der Waals surface area contributed by atoms with Gasteiger partial charge < -0.3 is 10.5 Å². The largest absolute Gasteiger partial charge is 0.494 e. The van der Waals surface area contributed by atoms with E-state index >= 15 is 0 Å². The zero-order chi connectivity index (χ0) is 14.4. The van der Waals surface area contributed by atoms with Gasteiger partial charge in [-0.15, -0.1) is 0 Å². The highest BCUT2D eigenvalue weighted by molar-refractivity contribution is 5.35. The summed E-state index contributed by atoms with van der Waals surface area (Å²) in [6.07, 6.45) is 2.17. The predicted molar refractivity (Wildman–Crippen MR) is 79.3 cm³/mol. The first-order valence-corrected chi connectivity index (χ1v) is 6.94. The van der Waals surface area contributed by atoms with Crippen LogP contribution >= 0.6 is 0 Å². The molecule has 0 aliphatic rings. The molecule has 0 saturated heterocycles. The molecule has 0 saturated carbocycles. The molecule has 3 heteroatoms. The minimum absolute atomic E-state index is 0.249. The molecule has 0 aliphatic heterocycles. The fourth-order valence-electron chi connectivity index (χ4n) is 1.97. The van der Waals surface area contributed by atoms with Crippen LogP contribution in [0, 0.1) is 5.82 Å². The Labute approximate surface area is 119 Å². The van der Waals surface area contributed by atoms with Crippen molar-refractivity contribution < 1.29 is 9.13 Å². The maximum absolute atomic E-state index is 12.9. The number of rotatable bonds is 6. The minimum Gasteiger partial charge on any atom is -0.494 e. The highest BCUT2D eigenvalue weighted by Gasteiger charge is 2.09. The summed E-state index contributed by atoms with van der Waals surface area (Å²) in [7, 11) is 0. The Morgan fingerprint density at radius 1 is 1.00 bits per heavy atom. The van der Waals surface area contributed by atoms with Crippen molar-refractivity contribution in [3.63, 3.8) is 0 Å². The number of ether oxygens (including phenoxy) is 1. The Hall–Kier alpha value is -1.87. The standard InChI is InChI=1S/C17H20FNO/c1-2-3-12-20-16-10-6-14(7-11-16)17(19)13-4-8-15(18)9-5-13/h4-11,17H,2-3,12,19H2,1H3. The van der Waals surface area contributed by atoms with Gasteiger partial charge in [0.05, 0.1) is 12.6 Å². The van der Waals surface area contributed by atoms with E-state index in [-0.39, 0.29) is 11.9 Å². The van der Waals surface area contributed by atoms with Crippen molar-refractivity contribution in [1.29, 1.82) is 0 Å². The molecule has 2 aromatic carbocycles. The highest BCUT2D eigenvalue weighted by atomic mass is 19.1. The van der Waals surface area contributed by atoms with Crippen LogP contribution in [0.3, 0.4) is 0 Å². The lowest BCUT2D eigenvalue weighted by molar-refractivity contribution is 0.309. The lowest BCUT2D eigenvalue weighted by atomic mass is 10.00. The first-order valence-electron chi connectivity index (χ1n) is 6.94. The van der Waals surface area contributed by atoms with Crippen molar-refractivity contribution >= 4 is 0 Å². The van der Waals surface area contributed by atoms with Crippen molar-refractivity contribution in [2.45, 2.75) is 25.8 Å². The number of benzene rings is 2. The van der Waals surface area contributed by atoms with Crippen LogP contribution in [0.15, 0.2) is 48.5 Å². The average Bonchev–Trinajstić information content (AvgIpc) is 2.48. The van der Waals surface area contributed by atoms with Crippen molar-refractivity contribution in [1.82, 2.24) is 0 Å². The molecular formula is C17H20FNO. The summed E-state index contributed by atoms with van der Waals surface area (Å²) in [6.45, 7) is 2.87. The normalized spacial score (nSPS) is 12.2. The van der Waals surface area contributed by atoms with E-state index in [0.29, 0.717) is 0 Å². The van der Waals surface area contributed by atoms with E-state index in [9.17, 15) is 4.39 Å². The smallest absolute Gasteiger partial charge is 0.123 e. The summed E-state index contributed by atoms with van der Waals surface area (Å²) in [5.41, 5.74) is 8.05. The second-order valence-corrected chi connectivity index (χ2v) is 4.80. The average molecular weight is 273 g/mol. The summed E-state index contributed by atoms with van der Waals surface area (Å²) in [5, 5.41) is 0. The van der Waals surface area contributed by atoms with Crippen LogP contribution in [0.4, 0.5) is 4.39 Å². The molecule has 0 radical (unpaired) electrons. The minimum atomic E-state index is -0.250. The molecule has 2 nitrogen and oxygen atoms in total. The molecule has 0 amide bonds. The Morgan fingerprint density at radius 3 is 2.10 bits per heavy atom. The number of hydrogen-bond donors (Lipinski definition) is 1. The Kier molecular flexibility index (Phi) is 5.13. The number of halogens is 1. The molecule has 0 aromatic heterocycles. The SMILES string of the molecule is CCCCOc1ccc(C(N)c2ccc(F)cc2)cc1. The molecule has 1 atom stereocenters. The Balaban J connectivity index is 2.03. The third kappa shape index (κ3) is 3.81. The van der Waals surface area contributed by atoms with E-state index in [4.69, 9.17) is 10.5 Å². The molecular weight excluding hydrogens is 253 g/mol. The van der Waals surface area contributed by atoms with E-state index in [1.54, 1.807) is 12.1 Å². The second kappa shape index (κ2) is 7.06. The molecule has 2 N–H and O–H groups in total. The van der Waals surface area contributed by atoms with E-state index in [1.165, 1.54) is 12.1 Å². The van der Waals surface area contributed by atoms with Crippen molar-refractivity contribution in [2.75, 3.05) is 6.61 Å². The van der Waals surface area contributed by atoms with Crippen LogP contribution in [0.1, 0.15) is 36.9 Å². The van der Waals surface area contributed by atoms with Gasteiger partial charge in [0.15, 0.2) is 0 Å². The van der Waals surface area contributed by atoms with Crippen LogP contribution in [-0.4, -0.2) is 6.61 Å². The zero-order valence-electron chi connectivity index (χ0n) is 11.7. The molecule has 0 fully saturated rings. The quantitative estimate of drug-likeness (QED) is 0.806. The molecule has 20 heavy (non-hydrogen) atoms. The molecule has 0 spiro atoms. The van der Waals surface area contributed by atoms with Gasteiger partial charge in [0.2, 0.25) is 0 Å². The van der Waals surface area contributed by atoms with E-state index in [0.717, 1.165) is 36.3 Å². The molecule has 106 valence electrons. The zero-order valence-corrected chi connectivity index (χ0v) is 11.7. The lowest BCUT2D eigenvalue weighted by Gasteiger charge is -2.13. The molecule has 0 aliphatic carbocycles. The topological polar surface area (TPSA) is 35.2 Å². The number of hydrogen-bond acceptors (Lipinski definition) is 2. The van der Waals surface area contributed by atoms with Gasteiger partial charge in [-0.1, -0.05) is 37.6 Å². The summed E-state index contributed by atoms with van der Waals surface area (Å²) >= 11 is 0. The number of nitrogens with two attached hydrogens (primary N) is 1. The van der Waals surface area contributed by atoms with Crippen LogP contribution in [0.2, 0.25) is 0 Å². The first kappa shape index (κ1) is 14.5. The summed E-state index contributed by atoms with van der Waals surface area (Å²) in [5.74, 6) is 0.606. The molecule has 2 rings (SSSR count). The van der Waals surface area contributed by atoms with E-state index in [2.05, 4.69) is 6.92 Å². The van der Waals surface area contributed by atoms with Crippen LogP contribution in [0.5, 0.6) is 5.75 Å². The van der Waals surface area contributed by atoms with Crippen LogP contribution < -0.4 is 10.5 Å². The second-order valence-electron chi connectivity index (χ2n) is 4.80. The third-order valence-electron chi connectivity index (χ3n) is 3.23. The lowest BCUT2D eigenvalue weighted by Crippen LogP contribution is -2.11. The molecule has 1 unspecified atom stereocenters. The Bertz CT molecular complexity index is 522. The van der Waals surface area contributed by atoms with Gasteiger partial charge in [-0.05, 0) is 41.8 Å². The number of unbranched alkanes of at least 4 members (excludes halogenated alkanes) is 1. The predicted octanol–water partition coefficient (Wildman–Crippen LogP) is 4.05. The van der Waals surface area contributed by atoms with Crippen molar-refractivity contribution in [3.8, 4) is 5.75 Å². The first-order chi connectivity index (χ1) is 9.70. The third-order valence-corrected chi connectivity index (χ3v) is 3.23. The van der Waals surface area contributed by atoms with Gasteiger partial charge in [0.1, 0.15) is 11.6 Å². The van der Waals surface area contributed by atoms with Gasteiger partial charge >= 0.3 is 0 Å². The van der Waals surface area contributed by atoms with Crippen LogP contribution in [-0.2, 0) is 0 Å². The monoisotopic (exact) mass is 273 g/mol. The Morgan fingerprint density at radius 2 is 1.55 bits per heavy atom. The maximum Gasteiger partial charge on any atom is 0.123 e. The molecule has 2 aromatic rings. The molecule has 0 bridgehead atoms. The highest BCUT2D eigenvalue weighted by Crippen LogP contribution is 2.22. The maximum atomic E-state index is 12.9. The fourth-order valence-corrected chi connectivity index (χ4v) is 1.97. The van der Waals surface area contributed by atoms with Gasteiger partial charge in [-0.2, -0.15) is 0 Å². The molecule has 0 heterocycles. The van der Waals surface area contributed by atoms with Gasteiger partial charge in [0.25, 0.3) is 0 Å².